The quantitative estimate of drug-likeness (QED) is 0.230. The fourth-order valence-corrected chi connectivity index (χ4v) is 8.25. The Balaban J connectivity index is 0.000000583. The number of aliphatic hydroxyl groups is 2. The summed E-state index contributed by atoms with van der Waals surface area (Å²) in [5.41, 5.74) is 2.51. The normalized spacial score (nSPS) is 38.7. The number of fused-ring (bicyclic) bond motifs is 5. The molecular weight excluding hydrogens is 444 g/mol. The van der Waals surface area contributed by atoms with Gasteiger partial charge in [-0.25, -0.2) is 0 Å². The van der Waals surface area contributed by atoms with E-state index in [0.29, 0.717) is 29.0 Å². The first kappa shape index (κ1) is 31.0. The van der Waals surface area contributed by atoms with Crippen molar-refractivity contribution in [2.24, 2.45) is 52.3 Å². The molecule has 0 radical (unpaired) electrons. The Morgan fingerprint density at radius 1 is 1.06 bits per heavy atom. The number of rotatable bonds is 5. The number of hydrogen-bond acceptors (Lipinski definition) is 3. The number of carbonyl (C=O) groups excluding carboxylic acids is 1. The van der Waals surface area contributed by atoms with Crippen LogP contribution in [0.25, 0.3) is 0 Å². The third-order valence-electron chi connectivity index (χ3n) is 10.7. The van der Waals surface area contributed by atoms with Crippen LogP contribution in [-0.4, -0.2) is 29.2 Å². The van der Waals surface area contributed by atoms with Crippen LogP contribution < -0.4 is 0 Å². The summed E-state index contributed by atoms with van der Waals surface area (Å²) >= 11 is 0. The van der Waals surface area contributed by atoms with Crippen molar-refractivity contribution in [3.63, 3.8) is 0 Å². The predicted octanol–water partition coefficient (Wildman–Crippen LogP) is 7.78. The van der Waals surface area contributed by atoms with Crippen LogP contribution in [0.2, 0.25) is 0 Å². The summed E-state index contributed by atoms with van der Waals surface area (Å²) in [7, 11) is 0. The molecule has 0 amide bonds. The summed E-state index contributed by atoms with van der Waals surface area (Å²) in [6.07, 6.45) is 19.6. The molecule has 4 aliphatic rings. The summed E-state index contributed by atoms with van der Waals surface area (Å²) in [5, 5.41) is 17.8. The molecule has 0 aliphatic heterocycles. The number of allylic oxidation sites excluding steroid dienone is 4. The number of aliphatic hydroxyl groups excluding tert-OH is 2. The van der Waals surface area contributed by atoms with E-state index in [1.165, 1.54) is 44.6 Å². The first-order valence-corrected chi connectivity index (χ1v) is 14.7. The Kier molecular flexibility index (Phi) is 11.7. The second kappa shape index (κ2) is 13.6. The zero-order chi connectivity index (χ0) is 27.1. The van der Waals surface area contributed by atoms with Gasteiger partial charge in [-0.15, -0.1) is 0 Å². The summed E-state index contributed by atoms with van der Waals surface area (Å²) < 4.78 is 0. The molecule has 3 heteroatoms. The minimum Gasteiger partial charge on any atom is -0.397 e. The van der Waals surface area contributed by atoms with Crippen LogP contribution in [0.5, 0.6) is 0 Å². The van der Waals surface area contributed by atoms with Gasteiger partial charge < -0.3 is 10.2 Å². The van der Waals surface area contributed by atoms with Crippen LogP contribution >= 0.6 is 0 Å². The van der Waals surface area contributed by atoms with Crippen molar-refractivity contribution >= 4 is 6.29 Å². The molecule has 0 saturated heterocycles. The van der Waals surface area contributed by atoms with Crippen molar-refractivity contribution in [2.45, 2.75) is 106 Å². The van der Waals surface area contributed by atoms with E-state index in [1.54, 1.807) is 12.5 Å². The Morgan fingerprint density at radius 2 is 1.69 bits per heavy atom. The molecule has 7 unspecified atom stereocenters. The van der Waals surface area contributed by atoms with Gasteiger partial charge in [-0.05, 0) is 117 Å². The summed E-state index contributed by atoms with van der Waals surface area (Å²) in [6, 6.07) is 0. The van der Waals surface area contributed by atoms with Crippen molar-refractivity contribution in [2.75, 3.05) is 6.61 Å². The van der Waals surface area contributed by atoms with Crippen molar-refractivity contribution < 1.29 is 15.0 Å². The highest BCUT2D eigenvalue weighted by Crippen LogP contribution is 2.67. The van der Waals surface area contributed by atoms with Crippen molar-refractivity contribution in [3.05, 3.63) is 36.5 Å². The van der Waals surface area contributed by atoms with Crippen LogP contribution in [0.3, 0.4) is 0 Å². The average molecular weight is 501 g/mol. The maximum absolute atomic E-state index is 10.2. The van der Waals surface area contributed by atoms with Gasteiger partial charge in [0.1, 0.15) is 6.29 Å². The fourth-order valence-electron chi connectivity index (χ4n) is 8.25. The third kappa shape index (κ3) is 6.62. The van der Waals surface area contributed by atoms with Crippen LogP contribution in [0, 0.1) is 52.3 Å². The van der Waals surface area contributed by atoms with E-state index >= 15 is 0 Å². The molecule has 36 heavy (non-hydrogen) atoms. The molecule has 0 bridgehead atoms. The van der Waals surface area contributed by atoms with Gasteiger partial charge in [-0.3, -0.25) is 4.79 Å². The molecule has 0 spiro atoms. The topological polar surface area (TPSA) is 57.5 Å². The van der Waals surface area contributed by atoms with E-state index in [9.17, 15) is 5.11 Å². The van der Waals surface area contributed by atoms with Gasteiger partial charge >= 0.3 is 0 Å². The SMILES string of the molecule is C=CC=O.CC(C)[C@@H](C)/C=C/[C@@H](C)C1CCC2C3CC=C4CC(O)CCC4(C)C3CCC21C.CCO. The maximum atomic E-state index is 10.2. The van der Waals surface area contributed by atoms with Gasteiger partial charge in [0, 0.05) is 6.61 Å². The second-order valence-electron chi connectivity index (χ2n) is 12.9. The van der Waals surface area contributed by atoms with E-state index in [-0.39, 0.29) is 12.7 Å². The minimum absolute atomic E-state index is 0.0866. The molecule has 2 N–H and O–H groups in total. The Hall–Kier alpha value is -1.19. The van der Waals surface area contributed by atoms with Crippen molar-refractivity contribution in [1.29, 1.82) is 0 Å². The van der Waals surface area contributed by atoms with Gasteiger partial charge in [0.25, 0.3) is 0 Å². The lowest BCUT2D eigenvalue weighted by Crippen LogP contribution is -2.50. The molecule has 3 fully saturated rings. The van der Waals surface area contributed by atoms with Crippen LogP contribution in [-0.2, 0) is 4.79 Å². The number of carbonyl (C=O) groups is 1. The van der Waals surface area contributed by atoms with Crippen molar-refractivity contribution in [3.8, 4) is 0 Å². The predicted molar refractivity (Wildman–Crippen MR) is 153 cm³/mol. The average Bonchev–Trinajstić information content (AvgIpc) is 3.20. The standard InChI is InChI=1S/C28H46O.C3H4O.C2H6O/c1-18(2)19(3)7-8-20(4)24-11-12-25-23-10-9-21-17-22(29)13-15-27(21,5)26(23)14-16-28(24,25)6;1-2-3-4;1-2-3/h7-9,18-20,22-26,29H,10-17H2,1-6H3;2-3H,1H2;3H,2H2,1H3/b8-7+;;/t19-,20+,22?,23?,24?,25?,26?,27?,28?;;/m0../s1. The Morgan fingerprint density at radius 3 is 2.28 bits per heavy atom. The van der Waals surface area contributed by atoms with Crippen LogP contribution in [0.15, 0.2) is 36.5 Å². The summed E-state index contributed by atoms with van der Waals surface area (Å²) in [6.45, 7) is 19.8. The highest BCUT2D eigenvalue weighted by molar-refractivity contribution is 5.63. The van der Waals surface area contributed by atoms with E-state index < -0.39 is 0 Å². The van der Waals surface area contributed by atoms with Crippen molar-refractivity contribution in [1.82, 2.24) is 0 Å². The van der Waals surface area contributed by atoms with Crippen LogP contribution in [0.1, 0.15) is 99.8 Å². The Labute approximate surface area is 222 Å². The monoisotopic (exact) mass is 500 g/mol. The first-order valence-electron chi connectivity index (χ1n) is 14.7. The van der Waals surface area contributed by atoms with Gasteiger partial charge in [-0.2, -0.15) is 0 Å². The lowest BCUT2D eigenvalue weighted by Gasteiger charge is -2.58. The largest absolute Gasteiger partial charge is 0.397 e. The zero-order valence-corrected chi connectivity index (χ0v) is 24.4. The van der Waals surface area contributed by atoms with Crippen LogP contribution in [0.4, 0.5) is 0 Å². The molecule has 9 atom stereocenters. The van der Waals surface area contributed by atoms with E-state index in [0.717, 1.165) is 42.4 Å². The molecule has 0 aromatic rings. The molecule has 206 valence electrons. The highest BCUT2D eigenvalue weighted by atomic mass is 16.3. The first-order chi connectivity index (χ1) is 17.0. The number of hydrogen-bond donors (Lipinski definition) is 2. The zero-order valence-electron chi connectivity index (χ0n) is 24.4. The van der Waals surface area contributed by atoms with Gasteiger partial charge in [0.15, 0.2) is 0 Å². The molecule has 0 aromatic heterocycles. The summed E-state index contributed by atoms with van der Waals surface area (Å²) in [4.78, 5) is 9.06. The fraction of sp³-hybridized carbons (Fsp3) is 0.788. The van der Waals surface area contributed by atoms with Gasteiger partial charge in [0.05, 0.1) is 6.10 Å². The summed E-state index contributed by atoms with van der Waals surface area (Å²) in [5.74, 6) is 5.63. The third-order valence-corrected chi connectivity index (χ3v) is 10.7. The van der Waals surface area contributed by atoms with E-state index in [4.69, 9.17) is 9.90 Å². The molecule has 0 aromatic carbocycles. The van der Waals surface area contributed by atoms with E-state index in [2.05, 4.69) is 66.3 Å². The van der Waals surface area contributed by atoms with Gasteiger partial charge in [0.2, 0.25) is 0 Å². The smallest absolute Gasteiger partial charge is 0.142 e. The molecule has 0 heterocycles. The number of aldehydes is 1. The maximum Gasteiger partial charge on any atom is 0.142 e. The minimum atomic E-state index is -0.0866. The molecule has 3 nitrogen and oxygen atoms in total. The lowest BCUT2D eigenvalue weighted by molar-refractivity contribution is -0.104. The Bertz CT molecular complexity index is 761. The molecule has 4 rings (SSSR count). The second-order valence-corrected chi connectivity index (χ2v) is 12.9. The van der Waals surface area contributed by atoms with Gasteiger partial charge in [-0.1, -0.05) is 71.9 Å². The molecular formula is C33H56O3. The molecule has 4 aliphatic carbocycles. The molecule has 3 saturated carbocycles. The lowest BCUT2D eigenvalue weighted by atomic mass is 9.47. The van der Waals surface area contributed by atoms with E-state index in [1.807, 2.05) is 0 Å². The highest BCUT2D eigenvalue weighted by Gasteiger charge is 2.58.